The molecule has 0 aliphatic heterocycles. The van der Waals surface area contributed by atoms with Gasteiger partial charge in [-0.3, -0.25) is 9.59 Å². The van der Waals surface area contributed by atoms with Crippen LogP contribution in [0.4, 0.5) is 0 Å². The van der Waals surface area contributed by atoms with Crippen LogP contribution in [0, 0.1) is 12.8 Å². The van der Waals surface area contributed by atoms with Crippen LogP contribution in [0.25, 0.3) is 5.69 Å². The van der Waals surface area contributed by atoms with Gasteiger partial charge in [-0.15, -0.1) is 0 Å². The molecule has 0 saturated heterocycles. The molecular weight excluding hydrogens is 348 g/mol. The predicted octanol–water partition coefficient (Wildman–Crippen LogP) is 1.53. The van der Waals surface area contributed by atoms with E-state index in [1.807, 2.05) is 45.0 Å². The number of hydrogen-bond acceptors (Lipinski definition) is 4. The molecule has 1 heterocycles. The average molecular weight is 372 g/mol. The fourth-order valence-electron chi connectivity index (χ4n) is 2.59. The van der Waals surface area contributed by atoms with Crippen LogP contribution in [0.3, 0.4) is 0 Å². The molecule has 2 aromatic rings. The molecule has 27 heavy (non-hydrogen) atoms. The number of rotatable bonds is 8. The second kappa shape index (κ2) is 8.98. The Morgan fingerprint density at radius 2 is 1.93 bits per heavy atom. The summed E-state index contributed by atoms with van der Waals surface area (Å²) in [5.41, 5.74) is 2.17. The van der Waals surface area contributed by atoms with Crippen molar-refractivity contribution in [3.8, 4) is 5.69 Å². The number of amides is 2. The Hall–Kier alpha value is -3.16. The molecule has 2 rings (SSSR count). The lowest BCUT2D eigenvalue weighted by Gasteiger charge is -2.16. The third kappa shape index (κ3) is 5.67. The van der Waals surface area contributed by atoms with Gasteiger partial charge in [-0.2, -0.15) is 5.10 Å². The van der Waals surface area contributed by atoms with E-state index in [4.69, 9.17) is 5.11 Å². The normalized spacial score (nSPS) is 11.9. The van der Waals surface area contributed by atoms with Crippen molar-refractivity contribution in [1.29, 1.82) is 0 Å². The standard InChI is InChI=1S/C19H24N4O4/c1-12(2)8-15(19(26)27)22-17(24)10-20-18(25)14-9-21-23(11-14)16-7-5-4-6-13(16)3/h4-7,9,11-12,15H,8,10H2,1-3H3,(H,20,25)(H,22,24)(H,26,27)/t15-/m0/s1. The number of benzene rings is 1. The number of aliphatic carboxylic acids is 1. The molecule has 1 aromatic heterocycles. The topological polar surface area (TPSA) is 113 Å². The predicted molar refractivity (Wildman–Crippen MR) is 99.7 cm³/mol. The molecule has 1 aromatic carbocycles. The first kappa shape index (κ1) is 20.2. The third-order valence-corrected chi connectivity index (χ3v) is 3.96. The molecule has 0 fully saturated rings. The number of hydrogen-bond donors (Lipinski definition) is 3. The van der Waals surface area contributed by atoms with Crippen molar-refractivity contribution >= 4 is 17.8 Å². The van der Waals surface area contributed by atoms with Crippen LogP contribution in [0.2, 0.25) is 0 Å². The molecule has 1 atom stereocenters. The highest BCUT2D eigenvalue weighted by Gasteiger charge is 2.21. The van der Waals surface area contributed by atoms with Gasteiger partial charge in [-0.05, 0) is 30.9 Å². The fraction of sp³-hybridized carbons (Fsp3) is 0.368. The van der Waals surface area contributed by atoms with Crippen LogP contribution in [-0.2, 0) is 9.59 Å². The molecule has 8 heteroatoms. The molecule has 0 radical (unpaired) electrons. The van der Waals surface area contributed by atoms with Gasteiger partial charge in [0.1, 0.15) is 6.04 Å². The lowest BCUT2D eigenvalue weighted by molar-refractivity contribution is -0.142. The first-order chi connectivity index (χ1) is 12.8. The van der Waals surface area contributed by atoms with Gasteiger partial charge >= 0.3 is 5.97 Å². The highest BCUT2D eigenvalue weighted by Crippen LogP contribution is 2.13. The smallest absolute Gasteiger partial charge is 0.326 e. The minimum Gasteiger partial charge on any atom is -0.480 e. The van der Waals surface area contributed by atoms with E-state index in [2.05, 4.69) is 15.7 Å². The third-order valence-electron chi connectivity index (χ3n) is 3.96. The quantitative estimate of drug-likeness (QED) is 0.650. The minimum atomic E-state index is -1.09. The molecule has 8 nitrogen and oxygen atoms in total. The summed E-state index contributed by atoms with van der Waals surface area (Å²) >= 11 is 0. The summed E-state index contributed by atoms with van der Waals surface area (Å²) in [7, 11) is 0. The summed E-state index contributed by atoms with van der Waals surface area (Å²) in [4.78, 5) is 35.3. The van der Waals surface area contributed by atoms with E-state index in [9.17, 15) is 14.4 Å². The summed E-state index contributed by atoms with van der Waals surface area (Å²) in [6.45, 7) is 5.37. The highest BCUT2D eigenvalue weighted by molar-refractivity contribution is 5.96. The Balaban J connectivity index is 1.93. The van der Waals surface area contributed by atoms with Gasteiger partial charge in [0.05, 0.1) is 24.0 Å². The van der Waals surface area contributed by atoms with Crippen molar-refractivity contribution in [3.63, 3.8) is 0 Å². The van der Waals surface area contributed by atoms with Crippen molar-refractivity contribution < 1.29 is 19.5 Å². The number of aryl methyl sites for hydroxylation is 1. The Labute approximate surface area is 157 Å². The summed E-state index contributed by atoms with van der Waals surface area (Å²) in [5.74, 6) is -1.99. The molecule has 0 bridgehead atoms. The summed E-state index contributed by atoms with van der Waals surface area (Å²) in [5, 5.41) is 18.2. The molecule has 0 spiro atoms. The monoisotopic (exact) mass is 372 g/mol. The number of aromatic nitrogens is 2. The zero-order valence-corrected chi connectivity index (χ0v) is 15.6. The Bertz CT molecular complexity index is 829. The van der Waals surface area contributed by atoms with Crippen LogP contribution in [0.1, 0.15) is 36.2 Å². The van der Waals surface area contributed by atoms with Crippen molar-refractivity contribution in [2.24, 2.45) is 5.92 Å². The van der Waals surface area contributed by atoms with Crippen LogP contribution in [0.15, 0.2) is 36.7 Å². The van der Waals surface area contributed by atoms with E-state index in [1.165, 1.54) is 6.20 Å². The summed E-state index contributed by atoms with van der Waals surface area (Å²) < 4.78 is 1.59. The van der Waals surface area contributed by atoms with Crippen LogP contribution < -0.4 is 10.6 Å². The van der Waals surface area contributed by atoms with Crippen LogP contribution in [-0.4, -0.2) is 45.3 Å². The second-order valence-corrected chi connectivity index (χ2v) is 6.73. The van der Waals surface area contributed by atoms with Gasteiger partial charge in [-0.1, -0.05) is 32.0 Å². The number of carbonyl (C=O) groups is 3. The molecule has 0 aliphatic rings. The van der Waals surface area contributed by atoms with E-state index in [-0.39, 0.29) is 12.5 Å². The van der Waals surface area contributed by atoms with Crippen molar-refractivity contribution in [2.45, 2.75) is 33.2 Å². The Morgan fingerprint density at radius 3 is 2.56 bits per heavy atom. The molecule has 2 amide bonds. The maximum atomic E-state index is 12.2. The Kier molecular flexibility index (Phi) is 6.70. The zero-order chi connectivity index (χ0) is 20.0. The lowest BCUT2D eigenvalue weighted by atomic mass is 10.0. The van der Waals surface area contributed by atoms with E-state index < -0.39 is 23.8 Å². The van der Waals surface area contributed by atoms with Crippen molar-refractivity contribution in [1.82, 2.24) is 20.4 Å². The highest BCUT2D eigenvalue weighted by atomic mass is 16.4. The number of nitrogens with one attached hydrogen (secondary N) is 2. The van der Waals surface area contributed by atoms with E-state index in [0.29, 0.717) is 12.0 Å². The Morgan fingerprint density at radius 1 is 1.22 bits per heavy atom. The van der Waals surface area contributed by atoms with Crippen LogP contribution in [0.5, 0.6) is 0 Å². The average Bonchev–Trinajstić information content (AvgIpc) is 3.09. The van der Waals surface area contributed by atoms with Gasteiger partial charge in [-0.25, -0.2) is 9.48 Å². The van der Waals surface area contributed by atoms with Gasteiger partial charge in [0, 0.05) is 6.20 Å². The number of carboxylic acid groups (broad SMARTS) is 1. The van der Waals surface area contributed by atoms with Gasteiger partial charge in [0.2, 0.25) is 5.91 Å². The first-order valence-corrected chi connectivity index (χ1v) is 8.69. The maximum Gasteiger partial charge on any atom is 0.326 e. The largest absolute Gasteiger partial charge is 0.480 e. The SMILES string of the molecule is Cc1ccccc1-n1cc(C(=O)NCC(=O)N[C@@H](CC(C)C)C(=O)O)cn1. The molecule has 144 valence electrons. The molecular formula is C19H24N4O4. The van der Waals surface area contributed by atoms with Gasteiger partial charge < -0.3 is 15.7 Å². The van der Waals surface area contributed by atoms with Crippen molar-refractivity contribution in [3.05, 3.63) is 47.8 Å². The maximum absolute atomic E-state index is 12.2. The van der Waals surface area contributed by atoms with Crippen LogP contribution >= 0.6 is 0 Å². The first-order valence-electron chi connectivity index (χ1n) is 8.69. The van der Waals surface area contributed by atoms with E-state index in [0.717, 1.165) is 11.3 Å². The molecule has 3 N–H and O–H groups in total. The summed E-state index contributed by atoms with van der Waals surface area (Å²) in [6.07, 6.45) is 3.31. The lowest BCUT2D eigenvalue weighted by Crippen LogP contribution is -2.46. The molecule has 0 aliphatic carbocycles. The number of nitrogens with zero attached hydrogens (tertiary/aromatic N) is 2. The minimum absolute atomic E-state index is 0.119. The van der Waals surface area contributed by atoms with Gasteiger partial charge in [0.25, 0.3) is 5.91 Å². The summed E-state index contributed by atoms with van der Waals surface area (Å²) in [6, 6.07) is 6.65. The number of carboxylic acids is 1. The molecule has 0 unspecified atom stereocenters. The molecule has 0 saturated carbocycles. The number of carbonyl (C=O) groups excluding carboxylic acids is 2. The van der Waals surface area contributed by atoms with Gasteiger partial charge in [0.15, 0.2) is 0 Å². The zero-order valence-electron chi connectivity index (χ0n) is 15.6. The fourth-order valence-corrected chi connectivity index (χ4v) is 2.59. The second-order valence-electron chi connectivity index (χ2n) is 6.73. The van der Waals surface area contributed by atoms with E-state index >= 15 is 0 Å². The van der Waals surface area contributed by atoms with Crippen molar-refractivity contribution in [2.75, 3.05) is 6.54 Å². The van der Waals surface area contributed by atoms with E-state index in [1.54, 1.807) is 10.9 Å². The number of para-hydroxylation sites is 1.